The van der Waals surface area contributed by atoms with E-state index in [0.717, 1.165) is 16.7 Å². The molecule has 370 valence electrons. The molecular weight excluding hydrogens is 925 g/mol. The number of ether oxygens (including phenoxy) is 3. The van der Waals surface area contributed by atoms with Gasteiger partial charge in [0.25, 0.3) is 22.4 Å². The molecular formula is C54H58N6O10S. The lowest BCUT2D eigenvalue weighted by Crippen LogP contribution is -2.37. The van der Waals surface area contributed by atoms with E-state index in [1.54, 1.807) is 64.1 Å². The summed E-state index contributed by atoms with van der Waals surface area (Å²) in [5.41, 5.74) is 1.72. The lowest BCUT2D eigenvalue weighted by Gasteiger charge is -2.26. The summed E-state index contributed by atoms with van der Waals surface area (Å²) in [4.78, 5) is 53.2. The first-order valence-electron chi connectivity index (χ1n) is 23.6. The monoisotopic (exact) mass is 982 g/mol. The summed E-state index contributed by atoms with van der Waals surface area (Å²) in [7, 11) is -4.14. The molecule has 4 aromatic carbocycles. The van der Waals surface area contributed by atoms with Crippen LogP contribution in [0.5, 0.6) is 17.2 Å². The van der Waals surface area contributed by atoms with Crippen molar-refractivity contribution in [1.82, 2.24) is 22.9 Å². The Hall–Kier alpha value is -7.60. The van der Waals surface area contributed by atoms with E-state index in [4.69, 9.17) is 14.2 Å². The fourth-order valence-electron chi connectivity index (χ4n) is 8.00. The largest absolute Gasteiger partial charge is 0.483 e. The Kier molecular flexibility index (Phi) is 18.7. The number of benzene rings is 4. The van der Waals surface area contributed by atoms with Gasteiger partial charge in [0.2, 0.25) is 10.0 Å². The molecule has 16 nitrogen and oxygen atoms in total. The second-order valence-corrected chi connectivity index (χ2v) is 18.8. The minimum absolute atomic E-state index is 0.0536. The number of aromatic nitrogens is 3. The summed E-state index contributed by atoms with van der Waals surface area (Å²) in [6.07, 6.45) is 6.94. The smallest absolute Gasteiger partial charge is 0.292 e. The Morgan fingerprint density at radius 2 is 0.803 bits per heavy atom. The molecule has 7 rings (SSSR count). The molecule has 0 unspecified atom stereocenters. The van der Waals surface area contributed by atoms with E-state index >= 15 is 0 Å². The van der Waals surface area contributed by atoms with Crippen LogP contribution < -0.4 is 30.9 Å². The second-order valence-electron chi connectivity index (χ2n) is 16.8. The van der Waals surface area contributed by atoms with Gasteiger partial charge in [0.1, 0.15) is 19.8 Å². The third-order valence-electron chi connectivity index (χ3n) is 11.8. The highest BCUT2D eigenvalue weighted by Gasteiger charge is 2.25. The van der Waals surface area contributed by atoms with E-state index in [1.165, 1.54) is 33.1 Å². The van der Waals surface area contributed by atoms with Crippen LogP contribution in [0.2, 0.25) is 0 Å². The van der Waals surface area contributed by atoms with Crippen LogP contribution in [0.25, 0.3) is 0 Å². The van der Waals surface area contributed by atoms with Crippen LogP contribution in [0.4, 0.5) is 5.69 Å². The first-order valence-corrected chi connectivity index (χ1v) is 25.0. The first kappa shape index (κ1) is 51.3. The minimum atomic E-state index is -4.14. The predicted octanol–water partition coefficient (Wildman–Crippen LogP) is 7.77. The van der Waals surface area contributed by atoms with Crippen molar-refractivity contribution in [2.75, 3.05) is 32.7 Å². The zero-order chi connectivity index (χ0) is 49.8. The van der Waals surface area contributed by atoms with Gasteiger partial charge in [-0.1, -0.05) is 91.0 Å². The number of sulfonamides is 1. The van der Waals surface area contributed by atoms with Crippen molar-refractivity contribution in [3.8, 4) is 17.2 Å². The van der Waals surface area contributed by atoms with Crippen LogP contribution >= 0.6 is 0 Å². The van der Waals surface area contributed by atoms with E-state index in [2.05, 4.69) is 4.90 Å². The summed E-state index contributed by atoms with van der Waals surface area (Å²) in [5, 5.41) is 11.4. The van der Waals surface area contributed by atoms with Gasteiger partial charge in [-0.15, -0.1) is 0 Å². The third kappa shape index (κ3) is 14.9. The molecule has 0 N–H and O–H groups in total. The standard InChI is InChI=1S/C54H58N6O10S/c61-52-49(68-41-44-17-4-1-5-18-44)23-10-33-56(52)36-13-30-55(31-14-37-57-34-11-24-50(53(57)62)69-42-45-19-6-2-7-20-45)32-15-39-59(71(66,67)48-28-26-47(27-29-48)60(64)65)40-16-38-58-35-12-25-51(54(58)63)70-43-46-21-8-3-9-22-46/h1-12,17-29,33-35H,13-16,30-32,36-43H2. The number of hydrogen-bond acceptors (Lipinski definition) is 11. The Morgan fingerprint density at radius 3 is 1.18 bits per heavy atom. The van der Waals surface area contributed by atoms with Crippen molar-refractivity contribution in [3.63, 3.8) is 0 Å². The van der Waals surface area contributed by atoms with Crippen molar-refractivity contribution >= 4 is 15.7 Å². The summed E-state index contributed by atoms with van der Waals surface area (Å²) in [6.45, 7) is 3.46. The number of nitro benzene ring substituents is 1. The molecule has 0 saturated carbocycles. The fraction of sp³-hybridized carbons (Fsp3) is 0.278. The SMILES string of the molecule is O=c1c(OCc2ccccc2)cccn1CCCN(CCCN(CCCn1cccc(OCc2ccccc2)c1=O)S(=O)(=O)c1ccc([N+](=O)[O-])cc1)CCCn1cccc(OCc2ccccc2)c1=O. The minimum Gasteiger partial charge on any atom is -0.483 e. The quantitative estimate of drug-likeness (QED) is 0.0346. The van der Waals surface area contributed by atoms with Gasteiger partial charge >= 0.3 is 0 Å². The van der Waals surface area contributed by atoms with Gasteiger partial charge in [-0.3, -0.25) is 24.5 Å². The van der Waals surface area contributed by atoms with E-state index in [-0.39, 0.29) is 90.4 Å². The van der Waals surface area contributed by atoms with E-state index < -0.39 is 14.9 Å². The van der Waals surface area contributed by atoms with Crippen molar-refractivity contribution < 1.29 is 27.6 Å². The van der Waals surface area contributed by atoms with Gasteiger partial charge in [0.15, 0.2) is 17.2 Å². The fourth-order valence-corrected chi connectivity index (χ4v) is 9.52. The molecule has 0 atom stereocenters. The van der Waals surface area contributed by atoms with Crippen molar-refractivity contribution in [3.05, 3.63) is 228 Å². The van der Waals surface area contributed by atoms with Gasteiger partial charge in [-0.05, 0) is 111 Å². The zero-order valence-electron chi connectivity index (χ0n) is 39.4. The van der Waals surface area contributed by atoms with E-state index in [1.807, 2.05) is 91.0 Å². The Balaban J connectivity index is 1.03. The van der Waals surface area contributed by atoms with Crippen LogP contribution in [0.15, 0.2) is 190 Å². The highest BCUT2D eigenvalue weighted by molar-refractivity contribution is 7.89. The second kappa shape index (κ2) is 25.8. The molecule has 3 aromatic heterocycles. The highest BCUT2D eigenvalue weighted by Crippen LogP contribution is 2.21. The molecule has 0 bridgehead atoms. The zero-order valence-corrected chi connectivity index (χ0v) is 40.3. The maximum atomic E-state index is 14.3. The van der Waals surface area contributed by atoms with Crippen molar-refractivity contribution in [2.24, 2.45) is 0 Å². The van der Waals surface area contributed by atoms with Crippen LogP contribution in [-0.2, 0) is 49.5 Å². The number of hydrogen-bond donors (Lipinski definition) is 0. The van der Waals surface area contributed by atoms with E-state index in [0.29, 0.717) is 52.0 Å². The molecule has 0 saturated heterocycles. The normalized spacial score (nSPS) is 11.5. The molecule has 3 heterocycles. The van der Waals surface area contributed by atoms with Crippen molar-refractivity contribution in [1.29, 1.82) is 0 Å². The summed E-state index contributed by atoms with van der Waals surface area (Å²) in [6, 6.07) is 43.7. The third-order valence-corrected chi connectivity index (χ3v) is 13.7. The molecule has 0 radical (unpaired) electrons. The number of aryl methyl sites for hydroxylation is 3. The molecule has 0 aliphatic heterocycles. The molecule has 0 spiro atoms. The van der Waals surface area contributed by atoms with Crippen LogP contribution in [0.3, 0.4) is 0 Å². The average Bonchev–Trinajstić information content (AvgIpc) is 3.39. The van der Waals surface area contributed by atoms with E-state index in [9.17, 15) is 32.9 Å². The number of pyridine rings is 3. The van der Waals surface area contributed by atoms with Gasteiger partial charge in [0, 0.05) is 63.4 Å². The molecule has 0 aliphatic rings. The lowest BCUT2D eigenvalue weighted by molar-refractivity contribution is -0.384. The topological polar surface area (TPSA) is 177 Å². The molecule has 71 heavy (non-hydrogen) atoms. The number of nitrogens with zero attached hydrogens (tertiary/aromatic N) is 6. The Bertz CT molecular complexity index is 2970. The number of rotatable bonds is 28. The Labute approximate surface area is 412 Å². The van der Waals surface area contributed by atoms with Crippen LogP contribution in [0, 0.1) is 10.1 Å². The summed E-state index contributed by atoms with van der Waals surface area (Å²) < 4.78 is 52.3. The van der Waals surface area contributed by atoms with Gasteiger partial charge in [-0.2, -0.15) is 4.31 Å². The van der Waals surface area contributed by atoms with Gasteiger partial charge in [-0.25, -0.2) is 8.42 Å². The summed E-state index contributed by atoms with van der Waals surface area (Å²) >= 11 is 0. The average molecular weight is 983 g/mol. The Morgan fingerprint density at radius 1 is 0.451 bits per heavy atom. The lowest BCUT2D eigenvalue weighted by atomic mass is 10.2. The summed E-state index contributed by atoms with van der Waals surface area (Å²) in [5.74, 6) is 0.670. The van der Waals surface area contributed by atoms with Gasteiger partial charge < -0.3 is 32.8 Å². The maximum absolute atomic E-state index is 14.3. The molecule has 17 heteroatoms. The predicted molar refractivity (Wildman–Crippen MR) is 271 cm³/mol. The number of non-ortho nitro benzene ring substituents is 1. The molecule has 7 aromatic rings. The first-order chi connectivity index (χ1) is 34.5. The molecule has 0 amide bonds. The van der Waals surface area contributed by atoms with Crippen LogP contribution in [-0.4, -0.2) is 69.0 Å². The van der Waals surface area contributed by atoms with Crippen molar-refractivity contribution in [2.45, 2.75) is 70.0 Å². The number of nitro groups is 1. The highest BCUT2D eigenvalue weighted by atomic mass is 32.2. The van der Waals surface area contributed by atoms with Gasteiger partial charge in [0.05, 0.1) is 9.82 Å². The molecule has 0 aliphatic carbocycles. The maximum Gasteiger partial charge on any atom is 0.292 e. The molecule has 0 fully saturated rings. The van der Waals surface area contributed by atoms with Crippen LogP contribution in [0.1, 0.15) is 42.4 Å².